The number of thiophene rings is 1. The average molecular weight is 312 g/mol. The number of H-pyrrole nitrogens is 1. The summed E-state index contributed by atoms with van der Waals surface area (Å²) in [5.41, 5.74) is 1.13. The van der Waals surface area contributed by atoms with Gasteiger partial charge < -0.3 is 10.3 Å². The first kappa shape index (κ1) is 11.4. The zero-order valence-electron chi connectivity index (χ0n) is 9.37. The van der Waals surface area contributed by atoms with Crippen molar-refractivity contribution in [3.05, 3.63) is 27.9 Å². The fraction of sp³-hybridized carbons (Fsp3) is 0.417. The predicted molar refractivity (Wildman–Crippen MR) is 74.3 cm³/mol. The minimum Gasteiger partial charge on any atom is -0.341 e. The molecular formula is C12H14BrN3S. The lowest BCUT2D eigenvalue weighted by Gasteiger charge is -2.04. The first-order chi connectivity index (χ1) is 8.31. The van der Waals surface area contributed by atoms with Gasteiger partial charge in [0, 0.05) is 6.42 Å². The Morgan fingerprint density at radius 1 is 1.47 bits per heavy atom. The molecule has 0 radical (unpaired) electrons. The highest BCUT2D eigenvalue weighted by molar-refractivity contribution is 9.11. The van der Waals surface area contributed by atoms with Crippen molar-refractivity contribution in [1.29, 1.82) is 0 Å². The minimum atomic E-state index is 0.740. The van der Waals surface area contributed by atoms with Crippen LogP contribution >= 0.6 is 27.3 Å². The normalized spacial score (nSPS) is 19.9. The van der Waals surface area contributed by atoms with Gasteiger partial charge in [-0.05, 0) is 53.5 Å². The molecule has 3 heterocycles. The smallest absolute Gasteiger partial charge is 0.106 e. The summed E-state index contributed by atoms with van der Waals surface area (Å²) >= 11 is 5.21. The van der Waals surface area contributed by atoms with Gasteiger partial charge in [-0.1, -0.05) is 0 Å². The maximum atomic E-state index is 4.47. The van der Waals surface area contributed by atoms with Gasteiger partial charge in [-0.25, -0.2) is 4.98 Å². The number of nitrogens with one attached hydrogen (secondary N) is 2. The Morgan fingerprint density at radius 3 is 3.12 bits per heavy atom. The average Bonchev–Trinajstić information content (AvgIpc) is 2.99. The topological polar surface area (TPSA) is 40.7 Å². The quantitative estimate of drug-likeness (QED) is 0.914. The fourth-order valence-electron chi connectivity index (χ4n) is 2.21. The predicted octanol–water partition coefficient (Wildman–Crippen LogP) is 3.05. The number of halogens is 1. The molecule has 2 aromatic heterocycles. The van der Waals surface area contributed by atoms with Crippen LogP contribution in [-0.4, -0.2) is 23.1 Å². The Balaban J connectivity index is 1.73. The van der Waals surface area contributed by atoms with E-state index >= 15 is 0 Å². The van der Waals surface area contributed by atoms with Crippen molar-refractivity contribution in [1.82, 2.24) is 15.3 Å². The molecule has 2 aromatic rings. The van der Waals surface area contributed by atoms with Crippen LogP contribution in [0.4, 0.5) is 0 Å². The van der Waals surface area contributed by atoms with E-state index in [4.69, 9.17) is 0 Å². The number of aromatic amines is 1. The lowest BCUT2D eigenvalue weighted by atomic mass is 10.1. The lowest BCUT2D eigenvalue weighted by molar-refractivity contribution is 0.565. The van der Waals surface area contributed by atoms with Gasteiger partial charge >= 0.3 is 0 Å². The summed E-state index contributed by atoms with van der Waals surface area (Å²) in [6.07, 6.45) is 4.26. The lowest BCUT2D eigenvalue weighted by Crippen LogP contribution is -2.11. The molecule has 1 saturated heterocycles. The standard InChI is InChI=1S/C12H14BrN3S/c13-11-2-1-10(17-11)9-7-15-12(16-9)5-8-3-4-14-6-8/h1-2,7-8,14H,3-6H2,(H,15,16). The molecule has 1 aliphatic rings. The van der Waals surface area contributed by atoms with Crippen molar-refractivity contribution in [2.24, 2.45) is 5.92 Å². The molecule has 90 valence electrons. The van der Waals surface area contributed by atoms with E-state index in [0.717, 1.165) is 40.7 Å². The molecule has 0 aliphatic carbocycles. The molecule has 1 atom stereocenters. The highest BCUT2D eigenvalue weighted by Crippen LogP contribution is 2.30. The summed E-state index contributed by atoms with van der Waals surface area (Å²) in [7, 11) is 0. The van der Waals surface area contributed by atoms with Gasteiger partial charge in [-0.2, -0.15) is 0 Å². The van der Waals surface area contributed by atoms with Gasteiger partial charge in [0.05, 0.1) is 20.6 Å². The van der Waals surface area contributed by atoms with Gasteiger partial charge in [-0.15, -0.1) is 11.3 Å². The number of hydrogen-bond donors (Lipinski definition) is 2. The van der Waals surface area contributed by atoms with E-state index in [2.05, 4.69) is 43.3 Å². The van der Waals surface area contributed by atoms with E-state index < -0.39 is 0 Å². The largest absolute Gasteiger partial charge is 0.341 e. The first-order valence-corrected chi connectivity index (χ1v) is 7.42. The van der Waals surface area contributed by atoms with Crippen molar-refractivity contribution in [2.75, 3.05) is 13.1 Å². The third-order valence-electron chi connectivity index (χ3n) is 3.11. The summed E-state index contributed by atoms with van der Waals surface area (Å²) < 4.78 is 1.16. The zero-order valence-corrected chi connectivity index (χ0v) is 11.8. The van der Waals surface area contributed by atoms with Crippen molar-refractivity contribution < 1.29 is 0 Å². The van der Waals surface area contributed by atoms with Gasteiger partial charge in [0.15, 0.2) is 0 Å². The van der Waals surface area contributed by atoms with E-state index in [1.807, 2.05) is 6.20 Å². The molecule has 3 rings (SSSR count). The fourth-order valence-corrected chi connectivity index (χ4v) is 3.56. The van der Waals surface area contributed by atoms with Gasteiger partial charge in [-0.3, -0.25) is 0 Å². The van der Waals surface area contributed by atoms with Crippen LogP contribution in [0.1, 0.15) is 12.2 Å². The second-order valence-corrected chi connectivity index (χ2v) is 6.87. The molecule has 1 aliphatic heterocycles. The number of hydrogen-bond acceptors (Lipinski definition) is 3. The van der Waals surface area contributed by atoms with Crippen molar-refractivity contribution >= 4 is 27.3 Å². The number of nitrogens with zero attached hydrogens (tertiary/aromatic N) is 1. The molecule has 2 N–H and O–H groups in total. The van der Waals surface area contributed by atoms with E-state index in [1.54, 1.807) is 11.3 Å². The van der Waals surface area contributed by atoms with E-state index in [0.29, 0.717) is 0 Å². The Hall–Kier alpha value is -0.650. The SMILES string of the molecule is Brc1ccc(-c2cnc(CC3CCNC3)[nH]2)s1. The third-order valence-corrected chi connectivity index (χ3v) is 4.77. The minimum absolute atomic E-state index is 0.740. The van der Waals surface area contributed by atoms with Crippen LogP contribution in [0, 0.1) is 5.92 Å². The number of rotatable bonds is 3. The molecular weight excluding hydrogens is 298 g/mol. The third kappa shape index (κ3) is 2.61. The molecule has 1 unspecified atom stereocenters. The first-order valence-electron chi connectivity index (χ1n) is 5.81. The van der Waals surface area contributed by atoms with Crippen LogP contribution in [0.25, 0.3) is 10.6 Å². The summed E-state index contributed by atoms with van der Waals surface area (Å²) in [6, 6.07) is 4.19. The monoisotopic (exact) mass is 311 g/mol. The second kappa shape index (κ2) is 4.92. The molecule has 0 amide bonds. The molecule has 0 spiro atoms. The van der Waals surface area contributed by atoms with E-state index in [9.17, 15) is 0 Å². The van der Waals surface area contributed by atoms with Gasteiger partial charge in [0.25, 0.3) is 0 Å². The van der Waals surface area contributed by atoms with Crippen LogP contribution in [-0.2, 0) is 6.42 Å². The maximum Gasteiger partial charge on any atom is 0.106 e. The van der Waals surface area contributed by atoms with Gasteiger partial charge in [0.1, 0.15) is 5.82 Å². The van der Waals surface area contributed by atoms with Gasteiger partial charge in [0.2, 0.25) is 0 Å². The molecule has 0 aromatic carbocycles. The summed E-state index contributed by atoms with van der Waals surface area (Å²) in [6.45, 7) is 2.27. The molecule has 0 bridgehead atoms. The number of aromatic nitrogens is 2. The van der Waals surface area contributed by atoms with Crippen LogP contribution in [0.3, 0.4) is 0 Å². The van der Waals surface area contributed by atoms with E-state index in [1.165, 1.54) is 11.3 Å². The summed E-state index contributed by atoms with van der Waals surface area (Å²) in [5.74, 6) is 1.85. The summed E-state index contributed by atoms with van der Waals surface area (Å²) in [5, 5.41) is 3.39. The zero-order chi connectivity index (χ0) is 11.7. The van der Waals surface area contributed by atoms with Crippen LogP contribution in [0.2, 0.25) is 0 Å². The van der Waals surface area contributed by atoms with Crippen molar-refractivity contribution in [3.8, 4) is 10.6 Å². The van der Waals surface area contributed by atoms with Crippen LogP contribution in [0.5, 0.6) is 0 Å². The highest BCUT2D eigenvalue weighted by Gasteiger charge is 2.16. The molecule has 3 nitrogen and oxygen atoms in total. The summed E-state index contributed by atoms with van der Waals surface area (Å²) in [4.78, 5) is 9.13. The maximum absolute atomic E-state index is 4.47. The molecule has 17 heavy (non-hydrogen) atoms. The highest BCUT2D eigenvalue weighted by atomic mass is 79.9. The van der Waals surface area contributed by atoms with Crippen LogP contribution < -0.4 is 5.32 Å². The Kier molecular flexibility index (Phi) is 3.31. The van der Waals surface area contributed by atoms with Crippen molar-refractivity contribution in [2.45, 2.75) is 12.8 Å². The Morgan fingerprint density at radius 2 is 2.41 bits per heavy atom. The Bertz CT molecular complexity index is 499. The molecule has 1 fully saturated rings. The molecule has 0 saturated carbocycles. The van der Waals surface area contributed by atoms with Crippen LogP contribution in [0.15, 0.2) is 22.1 Å². The molecule has 5 heteroatoms. The Labute approximate surface area is 113 Å². The number of imidazole rings is 1. The van der Waals surface area contributed by atoms with E-state index in [-0.39, 0.29) is 0 Å². The second-order valence-electron chi connectivity index (χ2n) is 4.41. The van der Waals surface area contributed by atoms with Crippen molar-refractivity contribution in [3.63, 3.8) is 0 Å².